The number of benzene rings is 2. The van der Waals surface area contributed by atoms with Gasteiger partial charge in [-0.15, -0.1) is 60.0 Å². The van der Waals surface area contributed by atoms with Gasteiger partial charge in [0.05, 0.1) is 0 Å². The fourth-order valence-corrected chi connectivity index (χ4v) is 2.67. The second kappa shape index (κ2) is 13.6. The van der Waals surface area contributed by atoms with Crippen molar-refractivity contribution in [3.8, 4) is 0 Å². The first-order valence-electron chi connectivity index (χ1n) is 7.47. The van der Waals surface area contributed by atoms with Crippen molar-refractivity contribution in [2.75, 3.05) is 6.61 Å². The Morgan fingerprint density at radius 3 is 2.04 bits per heavy atom. The molecule has 0 bridgehead atoms. The molecule has 0 aromatic heterocycles. The van der Waals surface area contributed by atoms with E-state index >= 15 is 0 Å². The van der Waals surface area contributed by atoms with Crippen LogP contribution in [0.2, 0.25) is 0 Å². The Morgan fingerprint density at radius 2 is 1.52 bits per heavy atom. The molecule has 0 atom stereocenters. The summed E-state index contributed by atoms with van der Waals surface area (Å²) >= 11 is 0. The van der Waals surface area contributed by atoms with Gasteiger partial charge in [-0.1, -0.05) is 45.9 Å². The zero-order chi connectivity index (χ0) is 15.4. The molecule has 1 nitrogen and oxygen atoms in total. The third-order valence-corrected chi connectivity index (χ3v) is 4.08. The van der Waals surface area contributed by atoms with E-state index in [0.717, 1.165) is 6.42 Å². The molecule has 3 rings (SSSR count). The standard InChI is InChI=1S/C18H17.C2H6O.CH3.2ClH.Ti/c1-12-10-18(14(3)13(12)2)17-9-8-15-6-4-5-7-16(15)11-17;1-2-3;;;;/h4-9H,10H2,1-3H3;3H,2H2,1H3;1H3;2*1H;/q-1;;-1;;;+2. The third-order valence-electron chi connectivity index (χ3n) is 4.08. The molecular weight excluding hydrogens is 387 g/mol. The van der Waals surface area contributed by atoms with Crippen molar-refractivity contribution in [1.29, 1.82) is 0 Å². The van der Waals surface area contributed by atoms with Gasteiger partial charge in [-0.25, -0.2) is 0 Å². The van der Waals surface area contributed by atoms with Gasteiger partial charge in [0.2, 0.25) is 0 Å². The van der Waals surface area contributed by atoms with Crippen LogP contribution in [0.5, 0.6) is 0 Å². The molecule has 0 saturated heterocycles. The maximum atomic E-state index is 7.57. The SMILES string of the molecule is CC1=C(C)C(C)=C(c2[c-]c3ccccc3cc2)C1.CCO.Cl.Cl.[CH3-].[Ti+2]. The van der Waals surface area contributed by atoms with Gasteiger partial charge in [0.1, 0.15) is 0 Å². The van der Waals surface area contributed by atoms with Crippen molar-refractivity contribution in [1.82, 2.24) is 0 Å². The molecule has 4 heteroatoms. The number of aliphatic hydroxyl groups is 1. The Morgan fingerprint density at radius 1 is 0.960 bits per heavy atom. The molecule has 0 unspecified atom stereocenters. The number of fused-ring (bicyclic) bond motifs is 1. The van der Waals surface area contributed by atoms with Gasteiger partial charge in [-0.2, -0.15) is 0 Å². The summed E-state index contributed by atoms with van der Waals surface area (Å²) in [6.07, 6.45) is 1.08. The van der Waals surface area contributed by atoms with Gasteiger partial charge >= 0.3 is 21.7 Å². The van der Waals surface area contributed by atoms with Crippen molar-refractivity contribution in [3.05, 3.63) is 72.2 Å². The molecular formula is C21H28Cl2OTi. The summed E-state index contributed by atoms with van der Waals surface area (Å²) in [5.41, 5.74) is 7.06. The molecule has 0 spiro atoms. The average Bonchev–Trinajstić information content (AvgIpc) is 2.75. The maximum absolute atomic E-state index is 7.57. The minimum Gasteiger partial charge on any atom is -0.397 e. The molecule has 0 radical (unpaired) electrons. The Bertz CT molecular complexity index is 721. The molecule has 25 heavy (non-hydrogen) atoms. The van der Waals surface area contributed by atoms with E-state index in [-0.39, 0.29) is 60.6 Å². The summed E-state index contributed by atoms with van der Waals surface area (Å²) in [6.45, 7) is 8.61. The number of allylic oxidation sites excluding steroid dienone is 4. The van der Waals surface area contributed by atoms with Crippen LogP contribution in [0, 0.1) is 13.5 Å². The number of hydrogen-bond donors (Lipinski definition) is 1. The van der Waals surface area contributed by atoms with E-state index in [1.807, 2.05) is 0 Å². The van der Waals surface area contributed by atoms with Crippen LogP contribution in [0.15, 0.2) is 53.1 Å². The molecule has 2 aromatic rings. The number of hydrogen-bond acceptors (Lipinski definition) is 1. The van der Waals surface area contributed by atoms with Crippen LogP contribution in [0.1, 0.15) is 39.7 Å². The number of rotatable bonds is 1. The Balaban J connectivity index is -0.000000649. The summed E-state index contributed by atoms with van der Waals surface area (Å²) in [4.78, 5) is 0. The topological polar surface area (TPSA) is 20.2 Å². The number of halogens is 2. The fraction of sp³-hybridized carbons (Fsp3) is 0.286. The molecule has 136 valence electrons. The second-order valence-corrected chi connectivity index (χ2v) is 5.46. The van der Waals surface area contributed by atoms with Gasteiger partial charge in [0.25, 0.3) is 0 Å². The van der Waals surface area contributed by atoms with Crippen LogP contribution < -0.4 is 0 Å². The molecule has 1 aliphatic carbocycles. The number of aliphatic hydroxyl groups excluding tert-OH is 1. The zero-order valence-corrected chi connectivity index (χ0v) is 18.8. The van der Waals surface area contributed by atoms with Crippen molar-refractivity contribution >= 4 is 41.2 Å². The minimum absolute atomic E-state index is 0. The summed E-state index contributed by atoms with van der Waals surface area (Å²) < 4.78 is 0. The first-order valence-corrected chi connectivity index (χ1v) is 7.47. The zero-order valence-electron chi connectivity index (χ0n) is 15.6. The van der Waals surface area contributed by atoms with Crippen molar-refractivity contribution in [2.45, 2.75) is 34.1 Å². The van der Waals surface area contributed by atoms with Gasteiger partial charge in [-0.3, -0.25) is 0 Å². The van der Waals surface area contributed by atoms with Gasteiger partial charge in [0.15, 0.2) is 0 Å². The summed E-state index contributed by atoms with van der Waals surface area (Å²) in [7, 11) is 0. The first-order chi connectivity index (χ1) is 10.1. The third kappa shape index (κ3) is 6.92. The quantitative estimate of drug-likeness (QED) is 0.420. The van der Waals surface area contributed by atoms with E-state index in [1.165, 1.54) is 38.6 Å². The van der Waals surface area contributed by atoms with E-state index in [9.17, 15) is 0 Å². The molecule has 2 aromatic carbocycles. The summed E-state index contributed by atoms with van der Waals surface area (Å²) in [5.74, 6) is 0. The fourth-order valence-electron chi connectivity index (χ4n) is 2.67. The molecule has 0 saturated carbocycles. The van der Waals surface area contributed by atoms with E-state index in [4.69, 9.17) is 5.11 Å². The predicted molar refractivity (Wildman–Crippen MR) is 112 cm³/mol. The van der Waals surface area contributed by atoms with Crippen LogP contribution >= 0.6 is 24.8 Å². The van der Waals surface area contributed by atoms with Crippen molar-refractivity contribution in [3.63, 3.8) is 0 Å². The smallest absolute Gasteiger partial charge is 0.397 e. The first kappa shape index (κ1) is 29.2. The molecule has 0 amide bonds. The van der Waals surface area contributed by atoms with Gasteiger partial charge in [0, 0.05) is 6.61 Å². The van der Waals surface area contributed by atoms with E-state index in [1.54, 1.807) is 6.92 Å². The summed E-state index contributed by atoms with van der Waals surface area (Å²) in [5, 5.41) is 10.0. The van der Waals surface area contributed by atoms with Crippen molar-refractivity contribution < 1.29 is 26.8 Å². The van der Waals surface area contributed by atoms with Gasteiger partial charge < -0.3 is 12.5 Å². The second-order valence-electron chi connectivity index (χ2n) is 5.46. The minimum atomic E-state index is 0. The average molecular weight is 415 g/mol. The van der Waals surface area contributed by atoms with E-state index in [2.05, 4.69) is 63.2 Å². The Kier molecular flexibility index (Phi) is 15.9. The van der Waals surface area contributed by atoms with Crippen LogP contribution in [-0.4, -0.2) is 11.7 Å². The largest absolute Gasteiger partial charge is 2.00 e. The molecule has 0 heterocycles. The predicted octanol–water partition coefficient (Wildman–Crippen LogP) is 6.44. The van der Waals surface area contributed by atoms with Gasteiger partial charge in [-0.05, 0) is 34.1 Å². The maximum Gasteiger partial charge on any atom is 2.00 e. The Labute approximate surface area is 180 Å². The Hall–Kier alpha value is -0.566. The van der Waals surface area contributed by atoms with Crippen LogP contribution in [0.4, 0.5) is 0 Å². The molecule has 0 fully saturated rings. The monoisotopic (exact) mass is 414 g/mol. The van der Waals surface area contributed by atoms with Crippen LogP contribution in [0.3, 0.4) is 0 Å². The molecule has 1 N–H and O–H groups in total. The van der Waals surface area contributed by atoms with Crippen molar-refractivity contribution in [2.24, 2.45) is 0 Å². The van der Waals surface area contributed by atoms with Crippen LogP contribution in [0.25, 0.3) is 16.3 Å². The van der Waals surface area contributed by atoms with E-state index in [0.29, 0.717) is 0 Å². The molecule has 0 aliphatic heterocycles. The van der Waals surface area contributed by atoms with E-state index < -0.39 is 0 Å². The van der Waals surface area contributed by atoms with Crippen LogP contribution in [-0.2, 0) is 21.7 Å². The molecule has 1 aliphatic rings. The normalized spacial score (nSPS) is 12.2. The summed E-state index contributed by atoms with van der Waals surface area (Å²) in [6, 6.07) is 16.4.